The van der Waals surface area contributed by atoms with E-state index in [2.05, 4.69) is 0 Å². The molecule has 4 rings (SSSR count). The van der Waals surface area contributed by atoms with Gasteiger partial charge in [-0.1, -0.05) is 41.7 Å². The summed E-state index contributed by atoms with van der Waals surface area (Å²) in [7, 11) is 0. The second-order valence-electron chi connectivity index (χ2n) is 5.89. The first-order chi connectivity index (χ1) is 13.8. The number of para-hydroxylation sites is 3. The van der Waals surface area contributed by atoms with Gasteiger partial charge in [-0.2, -0.15) is 0 Å². The summed E-state index contributed by atoms with van der Waals surface area (Å²) in [5.74, 6) is 0.488. The maximum atomic E-state index is 13.2. The third kappa shape index (κ3) is 3.83. The van der Waals surface area contributed by atoms with Crippen LogP contribution in [0.3, 0.4) is 0 Å². The third-order valence-electron chi connectivity index (χ3n) is 4.03. The van der Waals surface area contributed by atoms with Crippen molar-refractivity contribution in [2.24, 2.45) is 0 Å². The van der Waals surface area contributed by atoms with Gasteiger partial charge in [0.15, 0.2) is 5.13 Å². The van der Waals surface area contributed by atoms with Gasteiger partial charge < -0.3 is 4.74 Å². The van der Waals surface area contributed by atoms with Crippen LogP contribution < -0.4 is 9.64 Å². The summed E-state index contributed by atoms with van der Waals surface area (Å²) in [6.45, 7) is 2.45. The highest BCUT2D eigenvalue weighted by Gasteiger charge is 2.23. The van der Waals surface area contributed by atoms with Crippen molar-refractivity contribution in [2.45, 2.75) is 6.92 Å². The standard InChI is InChI=1S/C22H18N2O2S2/c1-2-26-19-11-5-4-10-18(19)24(21(25)14-13-16-8-7-15-27-16)22-23-17-9-3-6-12-20(17)28-22/h3-15H,2H2,1H3. The number of nitrogens with zero attached hydrogens (tertiary/aromatic N) is 2. The second-order valence-corrected chi connectivity index (χ2v) is 7.88. The van der Waals surface area contributed by atoms with Gasteiger partial charge in [-0.3, -0.25) is 4.79 Å². The molecule has 0 fully saturated rings. The van der Waals surface area contributed by atoms with Crippen LogP contribution in [0.2, 0.25) is 0 Å². The zero-order valence-electron chi connectivity index (χ0n) is 15.2. The largest absolute Gasteiger partial charge is 0.492 e. The van der Waals surface area contributed by atoms with E-state index in [0.29, 0.717) is 23.2 Å². The van der Waals surface area contributed by atoms with E-state index >= 15 is 0 Å². The number of amides is 1. The molecular formula is C22H18N2O2S2. The van der Waals surface area contributed by atoms with Crippen LogP contribution in [0.1, 0.15) is 11.8 Å². The van der Waals surface area contributed by atoms with Gasteiger partial charge >= 0.3 is 0 Å². The van der Waals surface area contributed by atoms with Gasteiger partial charge in [-0.25, -0.2) is 9.88 Å². The highest BCUT2D eigenvalue weighted by Crippen LogP contribution is 2.38. The highest BCUT2D eigenvalue weighted by molar-refractivity contribution is 7.22. The van der Waals surface area contributed by atoms with Crippen LogP contribution in [-0.2, 0) is 4.79 Å². The molecule has 28 heavy (non-hydrogen) atoms. The summed E-state index contributed by atoms with van der Waals surface area (Å²) in [4.78, 5) is 20.6. The van der Waals surface area contributed by atoms with E-state index in [1.54, 1.807) is 22.3 Å². The van der Waals surface area contributed by atoms with Crippen LogP contribution in [0, 0.1) is 0 Å². The fraction of sp³-hybridized carbons (Fsp3) is 0.0909. The number of thiophene rings is 1. The Morgan fingerprint density at radius 2 is 1.93 bits per heavy atom. The summed E-state index contributed by atoms with van der Waals surface area (Å²) in [5.41, 5.74) is 1.56. The fourth-order valence-electron chi connectivity index (χ4n) is 2.81. The van der Waals surface area contributed by atoms with Crippen molar-refractivity contribution in [1.82, 2.24) is 4.98 Å². The van der Waals surface area contributed by atoms with Crippen LogP contribution in [0.15, 0.2) is 72.1 Å². The van der Waals surface area contributed by atoms with Crippen molar-refractivity contribution in [3.8, 4) is 5.75 Å². The number of rotatable bonds is 6. The second kappa shape index (κ2) is 8.37. The molecule has 0 saturated carbocycles. The quantitative estimate of drug-likeness (QED) is 0.362. The Balaban J connectivity index is 1.80. The molecule has 0 saturated heterocycles. The summed E-state index contributed by atoms with van der Waals surface area (Å²) >= 11 is 3.07. The van der Waals surface area contributed by atoms with Crippen molar-refractivity contribution < 1.29 is 9.53 Å². The van der Waals surface area contributed by atoms with E-state index in [1.807, 2.05) is 79.0 Å². The molecule has 0 aliphatic carbocycles. The number of carbonyl (C=O) groups is 1. The normalized spacial score (nSPS) is 11.2. The first kappa shape index (κ1) is 18.4. The molecule has 0 radical (unpaired) electrons. The van der Waals surface area contributed by atoms with Crippen molar-refractivity contribution in [3.05, 3.63) is 77.0 Å². The summed E-state index contributed by atoms with van der Waals surface area (Å²) in [5, 5.41) is 2.61. The van der Waals surface area contributed by atoms with E-state index in [0.717, 1.165) is 15.1 Å². The Labute approximate surface area is 171 Å². The van der Waals surface area contributed by atoms with Crippen LogP contribution in [0.5, 0.6) is 5.75 Å². The third-order valence-corrected chi connectivity index (χ3v) is 5.89. The first-order valence-electron chi connectivity index (χ1n) is 8.89. The van der Waals surface area contributed by atoms with Gasteiger partial charge in [0.25, 0.3) is 5.91 Å². The van der Waals surface area contributed by atoms with Gasteiger partial charge in [0.05, 0.1) is 22.5 Å². The Hall–Kier alpha value is -2.96. The number of anilines is 2. The predicted molar refractivity (Wildman–Crippen MR) is 118 cm³/mol. The maximum Gasteiger partial charge on any atom is 0.257 e. The number of fused-ring (bicyclic) bond motifs is 1. The number of ether oxygens (including phenoxy) is 1. The lowest BCUT2D eigenvalue weighted by atomic mass is 10.2. The molecule has 0 spiro atoms. The lowest BCUT2D eigenvalue weighted by Crippen LogP contribution is -2.24. The molecule has 4 aromatic rings. The average molecular weight is 407 g/mol. The molecule has 0 aliphatic rings. The SMILES string of the molecule is CCOc1ccccc1N(C(=O)C=Cc1cccs1)c1nc2ccccc2s1. The number of hydrogen-bond donors (Lipinski definition) is 0. The lowest BCUT2D eigenvalue weighted by molar-refractivity contribution is -0.113. The molecule has 2 aromatic heterocycles. The zero-order chi connectivity index (χ0) is 19.3. The molecule has 0 atom stereocenters. The zero-order valence-corrected chi connectivity index (χ0v) is 16.9. The van der Waals surface area contributed by atoms with Crippen LogP contribution in [0.4, 0.5) is 10.8 Å². The van der Waals surface area contributed by atoms with Gasteiger partial charge in [0.1, 0.15) is 5.75 Å². The molecule has 4 nitrogen and oxygen atoms in total. The minimum atomic E-state index is -0.167. The fourth-order valence-corrected chi connectivity index (χ4v) is 4.41. The monoisotopic (exact) mass is 406 g/mol. The average Bonchev–Trinajstić information content (AvgIpc) is 3.37. The van der Waals surface area contributed by atoms with Gasteiger partial charge in [-0.05, 0) is 48.7 Å². The number of benzene rings is 2. The molecule has 2 heterocycles. The van der Waals surface area contributed by atoms with E-state index in [4.69, 9.17) is 9.72 Å². The van der Waals surface area contributed by atoms with E-state index in [1.165, 1.54) is 11.3 Å². The molecule has 1 amide bonds. The molecule has 0 unspecified atom stereocenters. The Kier molecular flexibility index (Phi) is 5.50. The number of carbonyl (C=O) groups excluding carboxylic acids is 1. The number of aromatic nitrogens is 1. The van der Waals surface area contributed by atoms with E-state index in [-0.39, 0.29) is 5.91 Å². The predicted octanol–water partition coefficient (Wildman–Crippen LogP) is 6.13. The van der Waals surface area contributed by atoms with Crippen molar-refractivity contribution in [3.63, 3.8) is 0 Å². The molecule has 0 bridgehead atoms. The van der Waals surface area contributed by atoms with E-state index in [9.17, 15) is 4.79 Å². The van der Waals surface area contributed by atoms with Gasteiger partial charge in [0.2, 0.25) is 0 Å². The van der Waals surface area contributed by atoms with Crippen LogP contribution in [0.25, 0.3) is 16.3 Å². The summed E-state index contributed by atoms with van der Waals surface area (Å²) in [6.07, 6.45) is 3.41. The van der Waals surface area contributed by atoms with Gasteiger partial charge in [-0.15, -0.1) is 11.3 Å². The molecular weight excluding hydrogens is 388 g/mol. The number of thiazole rings is 1. The molecule has 140 valence electrons. The molecule has 0 aliphatic heterocycles. The van der Waals surface area contributed by atoms with Crippen LogP contribution in [-0.4, -0.2) is 17.5 Å². The smallest absolute Gasteiger partial charge is 0.257 e. The topological polar surface area (TPSA) is 42.4 Å². The van der Waals surface area contributed by atoms with Crippen molar-refractivity contribution in [1.29, 1.82) is 0 Å². The molecule has 6 heteroatoms. The Morgan fingerprint density at radius 3 is 2.71 bits per heavy atom. The van der Waals surface area contributed by atoms with Crippen molar-refractivity contribution in [2.75, 3.05) is 11.5 Å². The minimum absolute atomic E-state index is 0.167. The first-order valence-corrected chi connectivity index (χ1v) is 10.6. The minimum Gasteiger partial charge on any atom is -0.492 e. The summed E-state index contributed by atoms with van der Waals surface area (Å²) < 4.78 is 6.81. The van der Waals surface area contributed by atoms with Gasteiger partial charge in [0, 0.05) is 11.0 Å². The van der Waals surface area contributed by atoms with Crippen molar-refractivity contribution >= 4 is 55.7 Å². The number of hydrogen-bond acceptors (Lipinski definition) is 5. The summed E-state index contributed by atoms with van der Waals surface area (Å²) in [6, 6.07) is 19.4. The molecule has 0 N–H and O–H groups in total. The Morgan fingerprint density at radius 1 is 1.11 bits per heavy atom. The highest BCUT2D eigenvalue weighted by atomic mass is 32.1. The van der Waals surface area contributed by atoms with Crippen LogP contribution >= 0.6 is 22.7 Å². The maximum absolute atomic E-state index is 13.2. The molecule has 2 aromatic carbocycles. The lowest BCUT2D eigenvalue weighted by Gasteiger charge is -2.21. The van der Waals surface area contributed by atoms with E-state index < -0.39 is 0 Å². The Bertz CT molecular complexity index is 1080.